The minimum Gasteiger partial charge on any atom is -0.484 e. The van der Waals surface area contributed by atoms with Crippen LogP contribution in [0, 0.1) is 6.92 Å². The van der Waals surface area contributed by atoms with Gasteiger partial charge in [-0.05, 0) is 19.1 Å². The van der Waals surface area contributed by atoms with E-state index in [0.29, 0.717) is 37.2 Å². The third-order valence-electron chi connectivity index (χ3n) is 4.45. The summed E-state index contributed by atoms with van der Waals surface area (Å²) in [6.45, 7) is 5.87. The van der Waals surface area contributed by atoms with Crippen molar-refractivity contribution in [2.75, 3.05) is 57.9 Å². The lowest BCUT2D eigenvalue weighted by atomic mass is 10.3. The van der Waals surface area contributed by atoms with Crippen molar-refractivity contribution < 1.29 is 19.1 Å². The van der Waals surface area contributed by atoms with E-state index in [9.17, 15) is 9.59 Å². The van der Waals surface area contributed by atoms with Crippen molar-refractivity contribution >= 4 is 28.3 Å². The molecule has 8 nitrogen and oxygen atoms in total. The van der Waals surface area contributed by atoms with Crippen molar-refractivity contribution in [1.82, 2.24) is 14.8 Å². The molecule has 1 saturated heterocycles. The summed E-state index contributed by atoms with van der Waals surface area (Å²) < 4.78 is 10.9. The van der Waals surface area contributed by atoms with Gasteiger partial charge < -0.3 is 19.7 Å². The first-order valence-corrected chi connectivity index (χ1v) is 10.5. The Bertz CT molecular complexity index is 793. The highest BCUT2D eigenvalue weighted by molar-refractivity contribution is 7.13. The summed E-state index contributed by atoms with van der Waals surface area (Å²) in [4.78, 5) is 33.2. The van der Waals surface area contributed by atoms with Gasteiger partial charge in [-0.15, -0.1) is 11.3 Å². The first-order valence-electron chi connectivity index (χ1n) is 9.58. The average Bonchev–Trinajstić information content (AvgIpc) is 3.15. The van der Waals surface area contributed by atoms with Gasteiger partial charge in [0.05, 0.1) is 18.9 Å². The Morgan fingerprint density at radius 2 is 2.03 bits per heavy atom. The van der Waals surface area contributed by atoms with E-state index in [1.165, 1.54) is 16.2 Å². The molecule has 156 valence electrons. The number of thiazole rings is 1. The Morgan fingerprint density at radius 1 is 1.28 bits per heavy atom. The first kappa shape index (κ1) is 21.2. The quantitative estimate of drug-likeness (QED) is 0.666. The topological polar surface area (TPSA) is 84.0 Å². The molecule has 0 unspecified atom stereocenters. The van der Waals surface area contributed by atoms with Crippen molar-refractivity contribution in [2.45, 2.75) is 6.92 Å². The van der Waals surface area contributed by atoms with Gasteiger partial charge in [0.1, 0.15) is 12.3 Å². The second-order valence-corrected chi connectivity index (χ2v) is 7.57. The molecular weight excluding hydrogens is 392 g/mol. The number of rotatable bonds is 9. The molecule has 29 heavy (non-hydrogen) atoms. The molecular formula is C20H26N4O4S. The number of carbonyl (C=O) groups is 2. The highest BCUT2D eigenvalue weighted by Crippen LogP contribution is 2.14. The molecule has 1 aliphatic heterocycles. The molecule has 0 aliphatic carbocycles. The molecule has 2 amide bonds. The zero-order valence-corrected chi connectivity index (χ0v) is 17.3. The zero-order chi connectivity index (χ0) is 20.5. The maximum Gasteiger partial charge on any atom is 0.261 e. The zero-order valence-electron chi connectivity index (χ0n) is 16.5. The molecule has 0 bridgehead atoms. The number of morpholine rings is 1. The Kier molecular flexibility index (Phi) is 7.97. The van der Waals surface area contributed by atoms with Gasteiger partial charge in [-0.2, -0.15) is 0 Å². The number of benzene rings is 1. The molecule has 1 fully saturated rings. The van der Waals surface area contributed by atoms with Gasteiger partial charge in [-0.3, -0.25) is 14.5 Å². The molecule has 0 radical (unpaired) electrons. The smallest absolute Gasteiger partial charge is 0.261 e. The first-order chi connectivity index (χ1) is 14.1. The molecule has 2 heterocycles. The summed E-state index contributed by atoms with van der Waals surface area (Å²) in [5.74, 6) is 0.124. The predicted molar refractivity (Wildman–Crippen MR) is 111 cm³/mol. The van der Waals surface area contributed by atoms with E-state index in [0.717, 1.165) is 18.8 Å². The maximum atomic E-state index is 12.7. The second-order valence-electron chi connectivity index (χ2n) is 6.71. The molecule has 9 heteroatoms. The van der Waals surface area contributed by atoms with Crippen LogP contribution < -0.4 is 10.1 Å². The van der Waals surface area contributed by atoms with Crippen LogP contribution >= 0.6 is 11.3 Å². The van der Waals surface area contributed by atoms with Crippen LogP contribution in [-0.2, 0) is 14.3 Å². The fourth-order valence-electron chi connectivity index (χ4n) is 2.88. The summed E-state index contributed by atoms with van der Waals surface area (Å²) in [7, 11) is 0. The molecule has 0 atom stereocenters. The monoisotopic (exact) mass is 418 g/mol. The van der Waals surface area contributed by atoms with Gasteiger partial charge in [-0.25, -0.2) is 4.98 Å². The van der Waals surface area contributed by atoms with Gasteiger partial charge in [0.25, 0.3) is 5.91 Å². The Morgan fingerprint density at radius 3 is 2.72 bits per heavy atom. The largest absolute Gasteiger partial charge is 0.484 e. The standard InChI is InChI=1S/C20H26N4O4S/c1-16-15-29-20(21-16)22-18(25)13-24(8-7-23-9-11-27-12-10-23)19(26)14-28-17-5-3-2-4-6-17/h2-6,15H,7-14H2,1H3,(H,21,22,25). The third kappa shape index (κ3) is 7.12. The number of aromatic nitrogens is 1. The number of ether oxygens (including phenoxy) is 2. The normalized spacial score (nSPS) is 14.4. The van der Waals surface area contributed by atoms with E-state index >= 15 is 0 Å². The van der Waals surface area contributed by atoms with Crippen LogP contribution in [0.3, 0.4) is 0 Å². The number of aryl methyl sites for hydroxylation is 1. The van der Waals surface area contributed by atoms with Crippen molar-refractivity contribution in [3.63, 3.8) is 0 Å². The number of carbonyl (C=O) groups excluding carboxylic acids is 2. The van der Waals surface area contributed by atoms with Crippen LogP contribution in [0.15, 0.2) is 35.7 Å². The maximum absolute atomic E-state index is 12.7. The molecule has 0 spiro atoms. The fourth-order valence-corrected chi connectivity index (χ4v) is 3.58. The van der Waals surface area contributed by atoms with Crippen molar-refractivity contribution in [3.05, 3.63) is 41.4 Å². The number of para-hydroxylation sites is 1. The summed E-state index contributed by atoms with van der Waals surface area (Å²) in [6.07, 6.45) is 0. The number of nitrogens with one attached hydrogen (secondary N) is 1. The Labute approximate surface area is 174 Å². The number of hydrogen-bond acceptors (Lipinski definition) is 7. The number of anilines is 1. The van der Waals surface area contributed by atoms with Gasteiger partial charge in [-0.1, -0.05) is 18.2 Å². The van der Waals surface area contributed by atoms with Crippen LogP contribution in [0.1, 0.15) is 5.69 Å². The molecule has 1 N–H and O–H groups in total. The van der Waals surface area contributed by atoms with Crippen LogP contribution in [-0.4, -0.2) is 79.1 Å². The van der Waals surface area contributed by atoms with E-state index in [-0.39, 0.29) is 25.0 Å². The highest BCUT2D eigenvalue weighted by Gasteiger charge is 2.20. The lowest BCUT2D eigenvalue weighted by Gasteiger charge is -2.29. The van der Waals surface area contributed by atoms with E-state index < -0.39 is 0 Å². The van der Waals surface area contributed by atoms with Gasteiger partial charge in [0, 0.05) is 31.6 Å². The SMILES string of the molecule is Cc1csc(NC(=O)CN(CCN2CCOCC2)C(=O)COc2ccccc2)n1. The second kappa shape index (κ2) is 10.9. The molecule has 1 aliphatic rings. The Hall–Kier alpha value is -2.49. The summed E-state index contributed by atoms with van der Waals surface area (Å²) in [5.41, 5.74) is 0.849. The van der Waals surface area contributed by atoms with Crippen LogP contribution in [0.2, 0.25) is 0 Å². The summed E-state index contributed by atoms with van der Waals surface area (Å²) in [5, 5.41) is 5.16. The predicted octanol–water partition coefficient (Wildman–Crippen LogP) is 1.63. The summed E-state index contributed by atoms with van der Waals surface area (Å²) in [6, 6.07) is 9.17. The van der Waals surface area contributed by atoms with Gasteiger partial charge in [0.15, 0.2) is 11.7 Å². The summed E-state index contributed by atoms with van der Waals surface area (Å²) >= 11 is 1.36. The molecule has 1 aromatic carbocycles. The highest BCUT2D eigenvalue weighted by atomic mass is 32.1. The van der Waals surface area contributed by atoms with E-state index in [1.54, 1.807) is 12.1 Å². The van der Waals surface area contributed by atoms with Gasteiger partial charge in [0.2, 0.25) is 5.91 Å². The molecule has 2 aromatic rings. The number of nitrogens with zero attached hydrogens (tertiary/aromatic N) is 3. The van der Waals surface area contributed by atoms with Gasteiger partial charge >= 0.3 is 0 Å². The molecule has 3 rings (SSSR count). The van der Waals surface area contributed by atoms with Crippen LogP contribution in [0.5, 0.6) is 5.75 Å². The van der Waals surface area contributed by atoms with Crippen LogP contribution in [0.4, 0.5) is 5.13 Å². The number of amides is 2. The molecule has 1 aromatic heterocycles. The van der Waals surface area contributed by atoms with Crippen molar-refractivity contribution in [2.24, 2.45) is 0 Å². The average molecular weight is 419 g/mol. The van der Waals surface area contributed by atoms with E-state index in [4.69, 9.17) is 9.47 Å². The minimum absolute atomic E-state index is 0.0417. The molecule has 0 saturated carbocycles. The lowest BCUT2D eigenvalue weighted by Crippen LogP contribution is -2.46. The Balaban J connectivity index is 1.56. The third-order valence-corrected chi connectivity index (χ3v) is 5.32. The van der Waals surface area contributed by atoms with Crippen molar-refractivity contribution in [1.29, 1.82) is 0 Å². The minimum atomic E-state index is -0.269. The van der Waals surface area contributed by atoms with Crippen molar-refractivity contribution in [3.8, 4) is 5.75 Å². The van der Waals surface area contributed by atoms with E-state index in [1.807, 2.05) is 30.5 Å². The lowest BCUT2D eigenvalue weighted by molar-refractivity contribution is -0.136. The fraction of sp³-hybridized carbons (Fsp3) is 0.450. The number of hydrogen-bond donors (Lipinski definition) is 1. The van der Waals surface area contributed by atoms with E-state index in [2.05, 4.69) is 15.2 Å². The van der Waals surface area contributed by atoms with Crippen LogP contribution in [0.25, 0.3) is 0 Å².